The molecule has 0 unspecified atom stereocenters. The van der Waals surface area contributed by atoms with Gasteiger partial charge in [-0.3, -0.25) is 9.78 Å². The van der Waals surface area contributed by atoms with Gasteiger partial charge < -0.3 is 20.4 Å². The van der Waals surface area contributed by atoms with Crippen molar-refractivity contribution < 1.29 is 28.2 Å². The Balaban J connectivity index is 1.86. The number of aromatic nitrogens is 2. The molecule has 2 aromatic rings. The van der Waals surface area contributed by atoms with Gasteiger partial charge in [0.25, 0.3) is 5.91 Å². The van der Waals surface area contributed by atoms with Crippen LogP contribution in [0, 0.1) is 5.82 Å². The molecule has 0 atom stereocenters. The van der Waals surface area contributed by atoms with Crippen LogP contribution in [-0.4, -0.2) is 52.0 Å². The number of alkyl halides is 1. The maximum absolute atomic E-state index is 14.2. The number of pyridine rings is 2. The first-order valence-corrected chi connectivity index (χ1v) is 9.97. The molecule has 0 aliphatic carbocycles. The van der Waals surface area contributed by atoms with E-state index in [1.807, 2.05) is 4.90 Å². The molecule has 2 aromatic heterocycles. The van der Waals surface area contributed by atoms with Crippen molar-refractivity contribution in [3.63, 3.8) is 0 Å². The molecule has 170 valence electrons. The third-order valence-electron chi connectivity index (χ3n) is 5.07. The van der Waals surface area contributed by atoms with E-state index in [0.29, 0.717) is 37.7 Å². The van der Waals surface area contributed by atoms with Gasteiger partial charge in [0.2, 0.25) is 0 Å². The van der Waals surface area contributed by atoms with E-state index in [1.165, 1.54) is 13.1 Å². The van der Waals surface area contributed by atoms with Gasteiger partial charge in [0, 0.05) is 30.9 Å². The lowest BCUT2D eigenvalue weighted by molar-refractivity contribution is 0.102. The van der Waals surface area contributed by atoms with E-state index in [0.717, 1.165) is 17.8 Å². The molecule has 0 spiro atoms. The number of nitrogens with zero attached hydrogens (tertiary/aromatic N) is 3. The van der Waals surface area contributed by atoms with Crippen molar-refractivity contribution in [2.75, 3.05) is 30.0 Å². The van der Waals surface area contributed by atoms with Crippen molar-refractivity contribution in [1.82, 2.24) is 9.97 Å². The highest BCUT2D eigenvalue weighted by Gasteiger charge is 2.21. The molecule has 0 bridgehead atoms. The third-order valence-corrected chi connectivity index (χ3v) is 5.07. The van der Waals surface area contributed by atoms with Crippen LogP contribution in [0.1, 0.15) is 35.9 Å². The molecule has 0 saturated carbocycles. The number of hydrogen-bond acceptors (Lipinski definition) is 6. The molecule has 7 nitrogen and oxygen atoms in total. The van der Waals surface area contributed by atoms with E-state index in [4.69, 9.17) is 5.11 Å². The van der Waals surface area contributed by atoms with Crippen molar-refractivity contribution in [3.05, 3.63) is 65.5 Å². The molecular formula is C22H23F3N4O3. The molecule has 1 fully saturated rings. The number of carbonyl (C=O) groups is 1. The molecule has 1 saturated heterocycles. The summed E-state index contributed by atoms with van der Waals surface area (Å²) in [6.45, 7) is 1.14. The Morgan fingerprint density at radius 2 is 2.03 bits per heavy atom. The zero-order valence-corrected chi connectivity index (χ0v) is 17.4. The second-order valence-corrected chi connectivity index (χ2v) is 7.33. The van der Waals surface area contributed by atoms with Crippen molar-refractivity contribution in [1.29, 1.82) is 0 Å². The predicted octanol–water partition coefficient (Wildman–Crippen LogP) is 3.94. The molecule has 1 aliphatic heterocycles. The SMILES string of the molecule is C/C(=C(F)\C=C(\O)CF)c1nc(C(=O)Nc2cnccc2N2CCC(O)CC2)ccc1F. The van der Waals surface area contributed by atoms with Crippen LogP contribution in [-0.2, 0) is 0 Å². The van der Waals surface area contributed by atoms with Crippen LogP contribution in [0.5, 0.6) is 0 Å². The molecule has 0 aromatic carbocycles. The average molecular weight is 448 g/mol. The van der Waals surface area contributed by atoms with Gasteiger partial charge >= 0.3 is 0 Å². The Labute approximate surface area is 182 Å². The maximum Gasteiger partial charge on any atom is 0.274 e. The average Bonchev–Trinajstić information content (AvgIpc) is 2.79. The number of anilines is 2. The van der Waals surface area contributed by atoms with Crippen LogP contribution in [0.25, 0.3) is 5.57 Å². The summed E-state index contributed by atoms with van der Waals surface area (Å²) in [5.41, 5.74) is 0.226. The number of amides is 1. The fraction of sp³-hybridized carbons (Fsp3) is 0.318. The number of allylic oxidation sites excluding steroid dienone is 4. The summed E-state index contributed by atoms with van der Waals surface area (Å²) >= 11 is 0. The second-order valence-electron chi connectivity index (χ2n) is 7.33. The summed E-state index contributed by atoms with van der Waals surface area (Å²) < 4.78 is 40.8. The molecule has 3 rings (SSSR count). The topological polar surface area (TPSA) is 98.6 Å². The normalized spacial score (nSPS) is 16.0. The van der Waals surface area contributed by atoms with Crippen molar-refractivity contribution >= 4 is 22.9 Å². The first-order valence-electron chi connectivity index (χ1n) is 9.97. The standard InChI is InChI=1S/C22H23F3N4O3/c1-13(17(25)10-15(31)11-23)21-16(24)2-3-18(27-21)22(32)28-19-12-26-7-4-20(19)29-8-5-14(30)6-9-29/h2-4,7,10,12,14,30-31H,5-6,8-9,11H2,1H3,(H,28,32)/b15-10+,17-13-. The van der Waals surface area contributed by atoms with Crippen molar-refractivity contribution in [2.24, 2.45) is 0 Å². The van der Waals surface area contributed by atoms with Gasteiger partial charge in [-0.15, -0.1) is 0 Å². The number of rotatable bonds is 6. The van der Waals surface area contributed by atoms with Crippen LogP contribution in [0.4, 0.5) is 24.5 Å². The summed E-state index contributed by atoms with van der Waals surface area (Å²) in [4.78, 5) is 22.8. The van der Waals surface area contributed by atoms with E-state index >= 15 is 0 Å². The quantitative estimate of drug-likeness (QED) is 0.457. The number of carbonyl (C=O) groups excluding carboxylic acids is 1. The Bertz CT molecular complexity index is 1050. The van der Waals surface area contributed by atoms with Gasteiger partial charge in [-0.2, -0.15) is 0 Å². The van der Waals surface area contributed by atoms with Gasteiger partial charge in [0.1, 0.15) is 35.5 Å². The van der Waals surface area contributed by atoms with Crippen LogP contribution >= 0.6 is 0 Å². The largest absolute Gasteiger partial charge is 0.509 e. The third kappa shape index (κ3) is 5.44. The van der Waals surface area contributed by atoms with Gasteiger partial charge in [-0.05, 0) is 38.0 Å². The molecule has 1 amide bonds. The monoisotopic (exact) mass is 448 g/mol. The van der Waals surface area contributed by atoms with Crippen molar-refractivity contribution in [3.8, 4) is 0 Å². The molecule has 0 radical (unpaired) electrons. The van der Waals surface area contributed by atoms with E-state index in [1.54, 1.807) is 12.3 Å². The van der Waals surface area contributed by atoms with E-state index in [-0.39, 0.29) is 17.4 Å². The molecule has 1 aliphatic rings. The Kier molecular flexibility index (Phi) is 7.47. The van der Waals surface area contributed by atoms with Crippen LogP contribution in [0.15, 0.2) is 48.3 Å². The number of nitrogens with one attached hydrogen (secondary N) is 1. The first-order chi connectivity index (χ1) is 15.3. The highest BCUT2D eigenvalue weighted by molar-refractivity contribution is 6.04. The summed E-state index contributed by atoms with van der Waals surface area (Å²) in [7, 11) is 0. The lowest BCUT2D eigenvalue weighted by Gasteiger charge is -2.32. The minimum Gasteiger partial charge on any atom is -0.509 e. The Morgan fingerprint density at radius 3 is 2.72 bits per heavy atom. The molecule has 10 heteroatoms. The molecule has 32 heavy (non-hydrogen) atoms. The van der Waals surface area contributed by atoms with Crippen LogP contribution in [0.2, 0.25) is 0 Å². The number of halogens is 3. The molecule has 3 heterocycles. The van der Waals surface area contributed by atoms with E-state index < -0.39 is 35.7 Å². The highest BCUT2D eigenvalue weighted by atomic mass is 19.1. The fourth-order valence-corrected chi connectivity index (χ4v) is 3.29. The number of piperidine rings is 1. The van der Waals surface area contributed by atoms with Crippen LogP contribution < -0.4 is 10.2 Å². The number of aliphatic hydroxyl groups excluding tert-OH is 2. The van der Waals surface area contributed by atoms with Crippen LogP contribution in [0.3, 0.4) is 0 Å². The van der Waals surface area contributed by atoms with E-state index in [9.17, 15) is 23.1 Å². The van der Waals surface area contributed by atoms with Gasteiger partial charge in [0.05, 0.1) is 23.7 Å². The Morgan fingerprint density at radius 1 is 1.31 bits per heavy atom. The minimum absolute atomic E-state index is 0.170. The number of aliphatic hydroxyl groups is 2. The zero-order chi connectivity index (χ0) is 23.3. The number of hydrogen-bond donors (Lipinski definition) is 3. The van der Waals surface area contributed by atoms with Gasteiger partial charge in [-0.1, -0.05) is 0 Å². The summed E-state index contributed by atoms with van der Waals surface area (Å²) in [5.74, 6) is -3.47. The molecule has 3 N–H and O–H groups in total. The van der Waals surface area contributed by atoms with Gasteiger partial charge in [-0.25, -0.2) is 18.2 Å². The first kappa shape index (κ1) is 23.3. The fourth-order valence-electron chi connectivity index (χ4n) is 3.29. The highest BCUT2D eigenvalue weighted by Crippen LogP contribution is 2.28. The lowest BCUT2D eigenvalue weighted by atomic mass is 10.1. The minimum atomic E-state index is -1.28. The maximum atomic E-state index is 14.2. The van der Waals surface area contributed by atoms with E-state index in [2.05, 4.69) is 15.3 Å². The predicted molar refractivity (Wildman–Crippen MR) is 114 cm³/mol. The Hall–Kier alpha value is -3.40. The summed E-state index contributed by atoms with van der Waals surface area (Å²) in [6.07, 6.45) is 4.43. The van der Waals surface area contributed by atoms with Crippen molar-refractivity contribution in [2.45, 2.75) is 25.9 Å². The molecular weight excluding hydrogens is 425 g/mol. The van der Waals surface area contributed by atoms with Gasteiger partial charge in [0.15, 0.2) is 0 Å². The smallest absolute Gasteiger partial charge is 0.274 e. The second kappa shape index (κ2) is 10.3. The zero-order valence-electron chi connectivity index (χ0n) is 17.4. The summed E-state index contributed by atoms with van der Waals surface area (Å²) in [6, 6.07) is 3.87. The summed E-state index contributed by atoms with van der Waals surface area (Å²) in [5, 5.41) is 21.6. The lowest BCUT2D eigenvalue weighted by Crippen LogP contribution is -2.36.